The molecule has 0 spiro atoms. The van der Waals surface area contributed by atoms with Crippen LogP contribution in [0.15, 0.2) is 18.2 Å². The van der Waals surface area contributed by atoms with Crippen LogP contribution in [0.25, 0.3) is 0 Å². The fraction of sp³-hybridized carbons (Fsp3) is 0.529. The van der Waals surface area contributed by atoms with Crippen molar-refractivity contribution in [2.75, 3.05) is 11.9 Å². The Bertz CT molecular complexity index is 537. The number of carboxylic acid groups (broad SMARTS) is 1. The fourth-order valence-corrected chi connectivity index (χ4v) is 2.32. The highest BCUT2D eigenvalue weighted by atomic mass is 16.5. The van der Waals surface area contributed by atoms with E-state index in [0.29, 0.717) is 24.5 Å². The Morgan fingerprint density at radius 1 is 1.36 bits per heavy atom. The first kappa shape index (κ1) is 16.3. The Hall–Kier alpha value is -2.04. The molecule has 22 heavy (non-hydrogen) atoms. The first-order chi connectivity index (χ1) is 10.6. The molecule has 120 valence electrons. The van der Waals surface area contributed by atoms with E-state index in [4.69, 9.17) is 9.84 Å². The second-order valence-corrected chi connectivity index (χ2v) is 5.69. The third-order valence-corrected chi connectivity index (χ3v) is 3.87. The number of amides is 1. The molecular weight excluding hydrogens is 282 g/mol. The molecule has 0 radical (unpaired) electrons. The number of anilines is 1. The van der Waals surface area contributed by atoms with Gasteiger partial charge in [-0.25, -0.2) is 0 Å². The second kappa shape index (κ2) is 7.82. The molecule has 1 amide bonds. The minimum absolute atomic E-state index is 0.0305. The van der Waals surface area contributed by atoms with Crippen LogP contribution < -0.4 is 10.1 Å². The lowest BCUT2D eigenvalue weighted by Crippen LogP contribution is -2.28. The highest BCUT2D eigenvalue weighted by Crippen LogP contribution is 2.31. The number of hydrogen-bond donors (Lipinski definition) is 2. The summed E-state index contributed by atoms with van der Waals surface area (Å²) >= 11 is 0. The molecule has 5 heteroatoms. The van der Waals surface area contributed by atoms with Crippen molar-refractivity contribution >= 4 is 17.6 Å². The van der Waals surface area contributed by atoms with E-state index in [2.05, 4.69) is 5.32 Å². The van der Waals surface area contributed by atoms with Crippen LogP contribution in [-0.4, -0.2) is 23.6 Å². The van der Waals surface area contributed by atoms with Crippen molar-refractivity contribution in [1.82, 2.24) is 0 Å². The van der Waals surface area contributed by atoms with E-state index < -0.39 is 5.97 Å². The number of benzene rings is 1. The van der Waals surface area contributed by atoms with E-state index in [1.165, 1.54) is 0 Å². The van der Waals surface area contributed by atoms with Crippen molar-refractivity contribution < 1.29 is 19.4 Å². The van der Waals surface area contributed by atoms with Gasteiger partial charge in [0.2, 0.25) is 5.91 Å². The molecule has 0 heterocycles. The van der Waals surface area contributed by atoms with E-state index in [-0.39, 0.29) is 18.2 Å². The monoisotopic (exact) mass is 305 g/mol. The third kappa shape index (κ3) is 4.48. The molecule has 1 aromatic carbocycles. The lowest BCUT2D eigenvalue weighted by Gasteiger charge is -2.24. The van der Waals surface area contributed by atoms with Gasteiger partial charge in [-0.1, -0.05) is 19.4 Å². The van der Waals surface area contributed by atoms with E-state index >= 15 is 0 Å². The standard InChI is InChI=1S/C17H23NO4/c1-2-10-22-15-8-6-12(7-9-16(19)20)11-14(15)18-17(21)13-4-3-5-13/h6,8,11,13H,2-5,7,9-10H2,1H3,(H,18,21)(H,19,20). The van der Waals surface area contributed by atoms with Crippen LogP contribution in [0, 0.1) is 5.92 Å². The van der Waals surface area contributed by atoms with Crippen LogP contribution in [0.2, 0.25) is 0 Å². The SMILES string of the molecule is CCCOc1ccc(CCC(=O)O)cc1NC(=O)C1CCC1. The zero-order chi connectivity index (χ0) is 15.9. The zero-order valence-electron chi connectivity index (χ0n) is 12.9. The van der Waals surface area contributed by atoms with Crippen LogP contribution in [-0.2, 0) is 16.0 Å². The van der Waals surface area contributed by atoms with Crippen LogP contribution in [0.3, 0.4) is 0 Å². The number of carbonyl (C=O) groups excluding carboxylic acids is 1. The quantitative estimate of drug-likeness (QED) is 0.773. The largest absolute Gasteiger partial charge is 0.491 e. The van der Waals surface area contributed by atoms with E-state index in [1.807, 2.05) is 25.1 Å². The van der Waals surface area contributed by atoms with Crippen molar-refractivity contribution in [3.05, 3.63) is 23.8 Å². The Labute approximate surface area is 130 Å². The van der Waals surface area contributed by atoms with E-state index in [1.54, 1.807) is 0 Å². The van der Waals surface area contributed by atoms with Gasteiger partial charge in [-0.3, -0.25) is 9.59 Å². The van der Waals surface area contributed by atoms with Crippen LogP contribution in [0.4, 0.5) is 5.69 Å². The molecule has 0 unspecified atom stereocenters. The van der Waals surface area contributed by atoms with Crippen LogP contribution >= 0.6 is 0 Å². The van der Waals surface area contributed by atoms with Crippen LogP contribution in [0.5, 0.6) is 5.75 Å². The van der Waals surface area contributed by atoms with Crippen molar-refractivity contribution in [1.29, 1.82) is 0 Å². The smallest absolute Gasteiger partial charge is 0.303 e. The van der Waals surface area contributed by atoms with E-state index in [0.717, 1.165) is 31.2 Å². The average molecular weight is 305 g/mol. The fourth-order valence-electron chi connectivity index (χ4n) is 2.32. The Morgan fingerprint density at radius 2 is 2.14 bits per heavy atom. The number of carbonyl (C=O) groups is 2. The molecule has 1 aliphatic rings. The number of aryl methyl sites for hydroxylation is 1. The average Bonchev–Trinajstić information content (AvgIpc) is 2.42. The highest BCUT2D eigenvalue weighted by Gasteiger charge is 2.25. The maximum atomic E-state index is 12.1. The van der Waals surface area contributed by atoms with Crippen LogP contribution in [0.1, 0.15) is 44.6 Å². The van der Waals surface area contributed by atoms with Gasteiger partial charge in [0.15, 0.2) is 0 Å². The minimum Gasteiger partial charge on any atom is -0.491 e. The van der Waals surface area contributed by atoms with Crippen molar-refractivity contribution in [2.24, 2.45) is 5.92 Å². The Morgan fingerprint density at radius 3 is 2.73 bits per heavy atom. The maximum Gasteiger partial charge on any atom is 0.303 e. The van der Waals surface area contributed by atoms with Crippen molar-refractivity contribution in [2.45, 2.75) is 45.4 Å². The lowest BCUT2D eigenvalue weighted by molar-refractivity contribution is -0.137. The molecular formula is C17H23NO4. The maximum absolute atomic E-state index is 12.1. The first-order valence-electron chi connectivity index (χ1n) is 7.88. The topological polar surface area (TPSA) is 75.6 Å². The Balaban J connectivity index is 2.10. The molecule has 0 bridgehead atoms. The molecule has 1 saturated carbocycles. The van der Waals surface area contributed by atoms with E-state index in [9.17, 15) is 9.59 Å². The molecule has 1 aromatic rings. The van der Waals surface area contributed by atoms with Gasteiger partial charge in [-0.05, 0) is 43.4 Å². The number of rotatable bonds is 8. The summed E-state index contributed by atoms with van der Waals surface area (Å²) in [5, 5.41) is 11.7. The summed E-state index contributed by atoms with van der Waals surface area (Å²) in [5.74, 6) is -0.0513. The third-order valence-electron chi connectivity index (χ3n) is 3.87. The van der Waals surface area contributed by atoms with Gasteiger partial charge < -0.3 is 15.2 Å². The summed E-state index contributed by atoms with van der Waals surface area (Å²) in [6.45, 7) is 2.61. The highest BCUT2D eigenvalue weighted by molar-refractivity contribution is 5.94. The molecule has 1 aliphatic carbocycles. The lowest BCUT2D eigenvalue weighted by atomic mass is 9.85. The number of hydrogen-bond acceptors (Lipinski definition) is 3. The number of ether oxygens (including phenoxy) is 1. The summed E-state index contributed by atoms with van der Waals surface area (Å²) in [5.41, 5.74) is 1.53. The summed E-state index contributed by atoms with van der Waals surface area (Å²) in [6.07, 6.45) is 4.39. The normalized spacial score (nSPS) is 14.2. The summed E-state index contributed by atoms with van der Waals surface area (Å²) in [7, 11) is 0. The predicted molar refractivity (Wildman–Crippen MR) is 84.2 cm³/mol. The summed E-state index contributed by atoms with van der Waals surface area (Å²) in [6, 6.07) is 5.49. The molecule has 0 aromatic heterocycles. The predicted octanol–water partition coefficient (Wildman–Crippen LogP) is 3.23. The van der Waals surface area contributed by atoms with Gasteiger partial charge >= 0.3 is 5.97 Å². The molecule has 0 aliphatic heterocycles. The number of aliphatic carboxylic acids is 1. The van der Waals surface area contributed by atoms with Gasteiger partial charge in [0.1, 0.15) is 5.75 Å². The van der Waals surface area contributed by atoms with Crippen molar-refractivity contribution in [3.8, 4) is 5.75 Å². The number of carboxylic acids is 1. The molecule has 1 fully saturated rings. The number of nitrogens with one attached hydrogen (secondary N) is 1. The van der Waals surface area contributed by atoms with Gasteiger partial charge in [-0.15, -0.1) is 0 Å². The molecule has 2 N–H and O–H groups in total. The van der Waals surface area contributed by atoms with Gasteiger partial charge in [-0.2, -0.15) is 0 Å². The molecule has 2 rings (SSSR count). The van der Waals surface area contributed by atoms with Gasteiger partial charge in [0.25, 0.3) is 0 Å². The first-order valence-corrected chi connectivity index (χ1v) is 7.88. The van der Waals surface area contributed by atoms with Gasteiger partial charge in [0, 0.05) is 12.3 Å². The molecule has 0 atom stereocenters. The van der Waals surface area contributed by atoms with Gasteiger partial charge in [0.05, 0.1) is 12.3 Å². The molecule has 0 saturated heterocycles. The Kier molecular flexibility index (Phi) is 5.81. The minimum atomic E-state index is -0.827. The summed E-state index contributed by atoms with van der Waals surface area (Å²) in [4.78, 5) is 22.8. The summed E-state index contributed by atoms with van der Waals surface area (Å²) < 4.78 is 5.67. The molecule has 5 nitrogen and oxygen atoms in total. The zero-order valence-corrected chi connectivity index (χ0v) is 12.9. The second-order valence-electron chi connectivity index (χ2n) is 5.69. The van der Waals surface area contributed by atoms with Crippen molar-refractivity contribution in [3.63, 3.8) is 0 Å².